The number of carbonyl (C=O) groups excluding carboxylic acids is 1. The highest BCUT2D eigenvalue weighted by Crippen LogP contribution is 2.27. The van der Waals surface area contributed by atoms with Crippen LogP contribution >= 0.6 is 11.6 Å². The monoisotopic (exact) mass is 253 g/mol. The molecule has 1 aromatic carbocycles. The van der Waals surface area contributed by atoms with E-state index < -0.39 is 5.38 Å². The number of amides is 1. The zero-order valence-corrected chi connectivity index (χ0v) is 11.9. The summed E-state index contributed by atoms with van der Waals surface area (Å²) >= 11 is 6.26. The number of hydrogen-bond donors (Lipinski definition) is 1. The highest BCUT2D eigenvalue weighted by atomic mass is 35.5. The van der Waals surface area contributed by atoms with Crippen molar-refractivity contribution in [3.63, 3.8) is 0 Å². The van der Waals surface area contributed by atoms with Gasteiger partial charge in [0.15, 0.2) is 0 Å². The number of carbonyl (C=O) groups is 1. The lowest BCUT2D eigenvalue weighted by Gasteiger charge is -2.23. The van der Waals surface area contributed by atoms with Gasteiger partial charge in [-0.15, -0.1) is 11.6 Å². The summed E-state index contributed by atoms with van der Waals surface area (Å²) in [5, 5.41) is 2.27. The number of halogens is 1. The summed E-state index contributed by atoms with van der Waals surface area (Å²) in [6.07, 6.45) is 0. The fraction of sp³-hybridized carbons (Fsp3) is 0.500. The smallest absolute Gasteiger partial charge is 0.243 e. The van der Waals surface area contributed by atoms with Crippen LogP contribution in [0.15, 0.2) is 18.2 Å². The van der Waals surface area contributed by atoms with Crippen molar-refractivity contribution in [2.24, 2.45) is 0 Å². The Morgan fingerprint density at radius 1 is 1.24 bits per heavy atom. The number of hydrogen-bond acceptors (Lipinski definition) is 1. The quantitative estimate of drug-likeness (QED) is 0.803. The Labute approximate surface area is 108 Å². The molecule has 0 saturated carbocycles. The summed E-state index contributed by atoms with van der Waals surface area (Å²) in [5.41, 5.74) is 2.75. The summed E-state index contributed by atoms with van der Waals surface area (Å²) in [6.45, 7) is 9.78. The Morgan fingerprint density at radius 3 is 2.12 bits per heavy atom. The minimum atomic E-state index is -0.629. The van der Waals surface area contributed by atoms with Gasteiger partial charge in [0.2, 0.25) is 5.91 Å². The maximum absolute atomic E-state index is 12.0. The zero-order chi connectivity index (χ0) is 13.2. The molecule has 0 bridgehead atoms. The van der Waals surface area contributed by atoms with Crippen LogP contribution in [0.2, 0.25) is 0 Å². The molecule has 1 amide bonds. The van der Waals surface area contributed by atoms with Gasteiger partial charge >= 0.3 is 0 Å². The average Bonchev–Trinajstić information content (AvgIpc) is 2.14. The average molecular weight is 254 g/mol. The first-order valence-corrected chi connectivity index (χ1v) is 6.18. The first kappa shape index (κ1) is 14.0. The molecule has 17 heavy (non-hydrogen) atoms. The molecule has 1 atom stereocenters. The van der Waals surface area contributed by atoms with E-state index in [0.29, 0.717) is 0 Å². The standard InChI is InChI=1S/C14H20ClNO/c1-9-7-6-8-10(2)11(9)12(15)13(17)16-14(3,4)5/h6-8,12H,1-5H3,(H,16,17). The second kappa shape index (κ2) is 5.09. The molecule has 2 nitrogen and oxygen atoms in total. The van der Waals surface area contributed by atoms with E-state index >= 15 is 0 Å². The van der Waals surface area contributed by atoms with Crippen molar-refractivity contribution in [3.05, 3.63) is 34.9 Å². The molecule has 1 aromatic rings. The van der Waals surface area contributed by atoms with E-state index in [1.165, 1.54) is 0 Å². The summed E-state index contributed by atoms with van der Waals surface area (Å²) in [4.78, 5) is 12.0. The topological polar surface area (TPSA) is 29.1 Å². The predicted molar refractivity (Wildman–Crippen MR) is 72.4 cm³/mol. The SMILES string of the molecule is Cc1cccc(C)c1C(Cl)C(=O)NC(C)(C)C. The van der Waals surface area contributed by atoms with Gasteiger partial charge in [0, 0.05) is 5.54 Å². The van der Waals surface area contributed by atoms with E-state index in [2.05, 4.69) is 5.32 Å². The van der Waals surface area contributed by atoms with E-state index in [-0.39, 0.29) is 11.4 Å². The van der Waals surface area contributed by atoms with Crippen molar-refractivity contribution in [2.45, 2.75) is 45.5 Å². The second-order valence-electron chi connectivity index (χ2n) is 5.41. The third-order valence-corrected chi connectivity index (χ3v) is 2.94. The van der Waals surface area contributed by atoms with Gasteiger partial charge in [0.25, 0.3) is 0 Å². The van der Waals surface area contributed by atoms with Crippen molar-refractivity contribution in [3.8, 4) is 0 Å². The molecule has 0 heterocycles. The summed E-state index contributed by atoms with van der Waals surface area (Å²) in [6, 6.07) is 5.92. The minimum Gasteiger partial charge on any atom is -0.350 e. The third-order valence-electron chi connectivity index (χ3n) is 2.52. The van der Waals surface area contributed by atoms with Crippen molar-refractivity contribution in [1.29, 1.82) is 0 Å². The van der Waals surface area contributed by atoms with Crippen LogP contribution in [0.25, 0.3) is 0 Å². The largest absolute Gasteiger partial charge is 0.350 e. The maximum Gasteiger partial charge on any atom is 0.243 e. The third kappa shape index (κ3) is 3.74. The summed E-state index contributed by atoms with van der Waals surface area (Å²) in [7, 11) is 0. The Kier molecular flexibility index (Phi) is 4.21. The molecule has 3 heteroatoms. The van der Waals surface area contributed by atoms with Crippen LogP contribution in [0.4, 0.5) is 0 Å². The van der Waals surface area contributed by atoms with Gasteiger partial charge in [0.05, 0.1) is 0 Å². The van der Waals surface area contributed by atoms with E-state index in [1.807, 2.05) is 52.8 Å². The van der Waals surface area contributed by atoms with Crippen LogP contribution < -0.4 is 5.32 Å². The molecule has 0 spiro atoms. The van der Waals surface area contributed by atoms with Crippen LogP contribution in [0, 0.1) is 13.8 Å². The Hall–Kier alpha value is -1.02. The molecule has 0 saturated heterocycles. The minimum absolute atomic E-state index is 0.142. The van der Waals surface area contributed by atoms with Crippen LogP contribution in [-0.4, -0.2) is 11.4 Å². The van der Waals surface area contributed by atoms with Crippen LogP contribution in [0.3, 0.4) is 0 Å². The molecule has 0 fully saturated rings. The number of aryl methyl sites for hydroxylation is 2. The predicted octanol–water partition coefficient (Wildman–Crippen LogP) is 3.50. The number of benzene rings is 1. The van der Waals surface area contributed by atoms with Gasteiger partial charge in [-0.1, -0.05) is 18.2 Å². The molecule has 0 aliphatic rings. The lowest BCUT2D eigenvalue weighted by atomic mass is 9.98. The van der Waals surface area contributed by atoms with Crippen molar-refractivity contribution < 1.29 is 4.79 Å². The molecule has 1 rings (SSSR count). The zero-order valence-electron chi connectivity index (χ0n) is 11.1. The molecular formula is C14H20ClNO. The molecule has 1 N–H and O–H groups in total. The summed E-state index contributed by atoms with van der Waals surface area (Å²) < 4.78 is 0. The Balaban J connectivity index is 2.97. The maximum atomic E-state index is 12.0. The molecule has 1 unspecified atom stereocenters. The first-order chi connectivity index (χ1) is 7.72. The molecule has 0 aromatic heterocycles. The van der Waals surface area contributed by atoms with Gasteiger partial charge in [-0.2, -0.15) is 0 Å². The van der Waals surface area contributed by atoms with E-state index in [4.69, 9.17) is 11.6 Å². The fourth-order valence-electron chi connectivity index (χ4n) is 1.79. The van der Waals surface area contributed by atoms with Crippen molar-refractivity contribution in [1.82, 2.24) is 5.32 Å². The number of nitrogens with one attached hydrogen (secondary N) is 1. The van der Waals surface area contributed by atoms with Crippen LogP contribution in [-0.2, 0) is 4.79 Å². The molecule has 0 aliphatic heterocycles. The van der Waals surface area contributed by atoms with E-state index in [0.717, 1.165) is 16.7 Å². The van der Waals surface area contributed by atoms with Gasteiger partial charge < -0.3 is 5.32 Å². The van der Waals surface area contributed by atoms with Gasteiger partial charge in [-0.3, -0.25) is 4.79 Å². The highest BCUT2D eigenvalue weighted by Gasteiger charge is 2.24. The number of alkyl halides is 1. The lowest BCUT2D eigenvalue weighted by Crippen LogP contribution is -2.42. The number of rotatable bonds is 2. The van der Waals surface area contributed by atoms with Crippen LogP contribution in [0.5, 0.6) is 0 Å². The van der Waals surface area contributed by atoms with E-state index in [1.54, 1.807) is 0 Å². The lowest BCUT2D eigenvalue weighted by molar-refractivity contribution is -0.122. The van der Waals surface area contributed by atoms with Crippen molar-refractivity contribution in [2.75, 3.05) is 0 Å². The normalized spacial score (nSPS) is 13.3. The highest BCUT2D eigenvalue weighted by molar-refractivity contribution is 6.31. The van der Waals surface area contributed by atoms with Crippen LogP contribution in [0.1, 0.15) is 42.8 Å². The second-order valence-corrected chi connectivity index (χ2v) is 5.84. The van der Waals surface area contributed by atoms with Gasteiger partial charge in [-0.25, -0.2) is 0 Å². The summed E-state index contributed by atoms with van der Waals surface area (Å²) in [5.74, 6) is -0.142. The van der Waals surface area contributed by atoms with E-state index in [9.17, 15) is 4.79 Å². The molecule has 0 aliphatic carbocycles. The fourth-order valence-corrected chi connectivity index (χ4v) is 2.19. The van der Waals surface area contributed by atoms with Gasteiger partial charge in [-0.05, 0) is 51.3 Å². The Morgan fingerprint density at radius 2 is 1.71 bits per heavy atom. The molecule has 0 radical (unpaired) electrons. The van der Waals surface area contributed by atoms with Crippen molar-refractivity contribution >= 4 is 17.5 Å². The molecule has 94 valence electrons. The Bertz CT molecular complexity index is 400. The van der Waals surface area contributed by atoms with Gasteiger partial charge in [0.1, 0.15) is 5.38 Å². The first-order valence-electron chi connectivity index (χ1n) is 5.74. The molecular weight excluding hydrogens is 234 g/mol.